The van der Waals surface area contributed by atoms with Crippen LogP contribution in [0.5, 0.6) is 0 Å². The molecule has 0 spiro atoms. The van der Waals surface area contributed by atoms with Gasteiger partial charge in [0.1, 0.15) is 6.17 Å². The van der Waals surface area contributed by atoms with Gasteiger partial charge in [0.2, 0.25) is 0 Å². The monoisotopic (exact) mass is 421 g/mol. The molecule has 1 saturated carbocycles. The molecule has 2 heteroatoms. The minimum absolute atomic E-state index is 0.0332. The molecule has 3 aromatic rings. The highest BCUT2D eigenvalue weighted by molar-refractivity contribution is 5.82. The van der Waals surface area contributed by atoms with Crippen LogP contribution < -0.4 is 4.90 Å². The van der Waals surface area contributed by atoms with Crippen LogP contribution in [0.3, 0.4) is 0 Å². The van der Waals surface area contributed by atoms with Crippen molar-refractivity contribution >= 4 is 11.4 Å². The summed E-state index contributed by atoms with van der Waals surface area (Å²) in [5.74, 6) is 0.334. The molecule has 0 bridgehead atoms. The maximum Gasteiger partial charge on any atom is 0.133 e. The number of allylic oxidation sites excluding steroid dienone is 1. The number of nitrogens with zero attached hydrogens (tertiary/aromatic N) is 2. The number of anilines is 1. The molecule has 0 N–H and O–H groups in total. The maximum atomic E-state index is 10.2. The van der Waals surface area contributed by atoms with Gasteiger partial charge >= 0.3 is 0 Å². The first-order valence-corrected chi connectivity index (χ1v) is 12.1. The molecule has 32 heavy (non-hydrogen) atoms. The number of hydrogen-bond acceptors (Lipinski definition) is 2. The minimum Gasteiger partial charge on any atom is -0.338 e. The fourth-order valence-corrected chi connectivity index (χ4v) is 6.19. The van der Waals surface area contributed by atoms with Crippen LogP contribution in [0.4, 0.5) is 5.69 Å². The third kappa shape index (κ3) is 2.92. The van der Waals surface area contributed by atoms with Crippen molar-refractivity contribution in [2.75, 3.05) is 4.90 Å². The molecule has 2 heterocycles. The SMILES string of the molecule is [2H]C1(C2CCCCC2)c2ccccc2C2=C(C)N(c3ccccc3C)C(c3ccccc3)N21. The van der Waals surface area contributed by atoms with E-state index in [4.69, 9.17) is 0 Å². The van der Waals surface area contributed by atoms with Crippen LogP contribution in [0.1, 0.15) is 74.8 Å². The molecule has 1 fully saturated rings. The van der Waals surface area contributed by atoms with Gasteiger partial charge in [0.15, 0.2) is 0 Å². The van der Waals surface area contributed by atoms with Crippen LogP contribution in [0, 0.1) is 12.8 Å². The number of para-hydroxylation sites is 1. The van der Waals surface area contributed by atoms with Gasteiger partial charge in [-0.1, -0.05) is 92.1 Å². The van der Waals surface area contributed by atoms with Crippen molar-refractivity contribution in [2.24, 2.45) is 5.92 Å². The van der Waals surface area contributed by atoms with E-state index in [1.54, 1.807) is 0 Å². The number of fused-ring (bicyclic) bond motifs is 3. The zero-order valence-corrected chi connectivity index (χ0v) is 19.1. The minimum atomic E-state index is -0.758. The summed E-state index contributed by atoms with van der Waals surface area (Å²) in [6.07, 6.45) is 5.99. The van der Waals surface area contributed by atoms with Crippen LogP contribution in [-0.2, 0) is 0 Å². The van der Waals surface area contributed by atoms with E-state index < -0.39 is 6.02 Å². The molecular weight excluding hydrogens is 388 g/mol. The highest BCUT2D eigenvalue weighted by atomic mass is 15.4. The van der Waals surface area contributed by atoms with Crippen LogP contribution in [0.2, 0.25) is 0 Å². The second kappa shape index (κ2) is 7.85. The summed E-state index contributed by atoms with van der Waals surface area (Å²) in [6, 6.07) is 27.5. The summed E-state index contributed by atoms with van der Waals surface area (Å²) in [5, 5.41) is 0. The van der Waals surface area contributed by atoms with Crippen molar-refractivity contribution in [2.45, 2.75) is 58.1 Å². The zero-order valence-electron chi connectivity index (χ0n) is 20.1. The first kappa shape index (κ1) is 18.6. The Hall–Kier alpha value is -3.00. The van der Waals surface area contributed by atoms with E-state index in [1.807, 2.05) is 0 Å². The molecule has 0 aromatic heterocycles. The average molecular weight is 422 g/mol. The third-order valence-electron chi connectivity index (χ3n) is 7.62. The molecule has 3 aromatic carbocycles. The van der Waals surface area contributed by atoms with Crippen molar-refractivity contribution in [3.8, 4) is 0 Å². The van der Waals surface area contributed by atoms with Gasteiger partial charge in [0.05, 0.1) is 13.1 Å². The lowest BCUT2D eigenvalue weighted by Crippen LogP contribution is -2.36. The molecule has 0 saturated heterocycles. The predicted molar refractivity (Wildman–Crippen MR) is 133 cm³/mol. The molecular formula is C30H32N2. The van der Waals surface area contributed by atoms with Crippen molar-refractivity contribution < 1.29 is 1.37 Å². The van der Waals surface area contributed by atoms with Gasteiger partial charge in [-0.2, -0.15) is 0 Å². The van der Waals surface area contributed by atoms with E-state index in [0.717, 1.165) is 12.8 Å². The van der Waals surface area contributed by atoms with Crippen LogP contribution in [-0.4, -0.2) is 4.90 Å². The summed E-state index contributed by atoms with van der Waals surface area (Å²) in [4.78, 5) is 4.97. The van der Waals surface area contributed by atoms with Gasteiger partial charge in [-0.25, -0.2) is 0 Å². The van der Waals surface area contributed by atoms with Crippen LogP contribution in [0.15, 0.2) is 84.6 Å². The topological polar surface area (TPSA) is 6.48 Å². The molecule has 2 aliphatic heterocycles. The van der Waals surface area contributed by atoms with Gasteiger partial charge in [-0.05, 0) is 55.4 Å². The number of aryl methyl sites for hydroxylation is 1. The zero-order chi connectivity index (χ0) is 22.6. The number of rotatable bonds is 3. The summed E-state index contributed by atoms with van der Waals surface area (Å²) in [7, 11) is 0. The summed E-state index contributed by atoms with van der Waals surface area (Å²) < 4.78 is 10.2. The normalized spacial score (nSPS) is 25.7. The van der Waals surface area contributed by atoms with E-state index in [2.05, 4.69) is 103 Å². The highest BCUT2D eigenvalue weighted by Gasteiger charge is 2.49. The predicted octanol–water partition coefficient (Wildman–Crippen LogP) is 7.84. The molecule has 2 nitrogen and oxygen atoms in total. The van der Waals surface area contributed by atoms with E-state index >= 15 is 0 Å². The van der Waals surface area contributed by atoms with Gasteiger partial charge in [0, 0.05) is 16.9 Å². The van der Waals surface area contributed by atoms with E-state index in [9.17, 15) is 1.37 Å². The molecule has 1 aliphatic carbocycles. The van der Waals surface area contributed by atoms with Crippen LogP contribution >= 0.6 is 0 Å². The maximum absolute atomic E-state index is 10.2. The fraction of sp³-hybridized carbons (Fsp3) is 0.333. The lowest BCUT2D eigenvalue weighted by atomic mass is 9.80. The molecule has 2 atom stereocenters. The van der Waals surface area contributed by atoms with Crippen molar-refractivity contribution in [1.29, 1.82) is 0 Å². The molecule has 2 unspecified atom stereocenters. The molecule has 0 radical (unpaired) electrons. The van der Waals surface area contributed by atoms with Crippen molar-refractivity contribution in [1.82, 2.24) is 4.90 Å². The lowest BCUT2D eigenvalue weighted by Gasteiger charge is -2.41. The Morgan fingerprint density at radius 1 is 0.781 bits per heavy atom. The number of hydrogen-bond donors (Lipinski definition) is 0. The Labute approximate surface area is 193 Å². The molecule has 3 aliphatic rings. The molecule has 6 rings (SSSR count). The standard InChI is InChI=1S/C30H32N2/c1-21-13-9-12-20-27(21)31-22(2)28-25-18-10-11-19-26(25)29(23-14-5-3-6-15-23)32(28)30(31)24-16-7-4-8-17-24/h4,7-13,16-20,23,29-30H,3,5-6,14-15H2,1-2H3/i29D. The average Bonchev–Trinajstić information content (AvgIpc) is 3.32. The quantitative estimate of drug-likeness (QED) is 0.425. The molecule has 0 amide bonds. The van der Waals surface area contributed by atoms with Gasteiger partial charge in [-0.3, -0.25) is 0 Å². The first-order chi connectivity index (χ1) is 16.1. The Kier molecular flexibility index (Phi) is 4.55. The molecule has 162 valence electrons. The van der Waals surface area contributed by atoms with E-state index in [1.165, 1.54) is 58.6 Å². The van der Waals surface area contributed by atoms with Gasteiger partial charge in [0.25, 0.3) is 0 Å². The number of benzene rings is 3. The Morgan fingerprint density at radius 2 is 1.47 bits per heavy atom. The van der Waals surface area contributed by atoms with E-state index in [0.29, 0.717) is 5.92 Å². The summed E-state index contributed by atoms with van der Waals surface area (Å²) >= 11 is 0. The fourth-order valence-electron chi connectivity index (χ4n) is 6.19. The second-order valence-electron chi connectivity index (χ2n) is 9.51. The Morgan fingerprint density at radius 3 is 2.25 bits per heavy atom. The lowest BCUT2D eigenvalue weighted by molar-refractivity contribution is 0.155. The smallest absolute Gasteiger partial charge is 0.133 e. The summed E-state index contributed by atoms with van der Waals surface area (Å²) in [5.41, 5.74) is 8.66. The second-order valence-corrected chi connectivity index (χ2v) is 9.51. The first-order valence-electron chi connectivity index (χ1n) is 12.6. The van der Waals surface area contributed by atoms with Gasteiger partial charge < -0.3 is 9.80 Å². The van der Waals surface area contributed by atoms with Gasteiger partial charge in [-0.15, -0.1) is 0 Å². The Balaban J connectivity index is 1.62. The third-order valence-corrected chi connectivity index (χ3v) is 7.62. The van der Waals surface area contributed by atoms with Crippen molar-refractivity contribution in [3.05, 3.63) is 107 Å². The van der Waals surface area contributed by atoms with Crippen molar-refractivity contribution in [3.63, 3.8) is 0 Å². The summed E-state index contributed by atoms with van der Waals surface area (Å²) in [6.45, 7) is 4.45. The Bertz CT molecular complexity index is 1210. The largest absolute Gasteiger partial charge is 0.338 e. The highest BCUT2D eigenvalue weighted by Crippen LogP contribution is 2.59. The van der Waals surface area contributed by atoms with Crippen LogP contribution in [0.25, 0.3) is 5.70 Å². The van der Waals surface area contributed by atoms with E-state index in [-0.39, 0.29) is 6.17 Å².